The number of ether oxygens (including phenoxy) is 1. The molecule has 1 unspecified atom stereocenters. The predicted octanol–water partition coefficient (Wildman–Crippen LogP) is 2.45. The number of hydrogen-bond acceptors (Lipinski definition) is 9. The molecule has 4 heterocycles. The van der Waals surface area contributed by atoms with Crippen LogP contribution in [0.1, 0.15) is 53.2 Å². The zero-order chi connectivity index (χ0) is 31.8. The number of rotatable bonds is 5. The van der Waals surface area contributed by atoms with Gasteiger partial charge in [-0.1, -0.05) is 30.2 Å². The fourth-order valence-electron chi connectivity index (χ4n) is 5.84. The lowest BCUT2D eigenvalue weighted by Gasteiger charge is -2.47. The summed E-state index contributed by atoms with van der Waals surface area (Å²) in [5, 5.41) is 7.10. The van der Waals surface area contributed by atoms with Crippen molar-refractivity contribution in [2.24, 2.45) is 5.73 Å². The van der Waals surface area contributed by atoms with Gasteiger partial charge in [-0.2, -0.15) is 4.68 Å². The van der Waals surface area contributed by atoms with Crippen molar-refractivity contribution in [3.8, 4) is 11.8 Å². The van der Waals surface area contributed by atoms with Crippen LogP contribution < -0.4 is 32.4 Å². The second-order valence-corrected chi connectivity index (χ2v) is 12.1. The summed E-state index contributed by atoms with van der Waals surface area (Å²) in [6.07, 6.45) is 0.957. The van der Waals surface area contributed by atoms with Gasteiger partial charge in [0.2, 0.25) is 0 Å². The van der Waals surface area contributed by atoms with E-state index in [0.717, 1.165) is 22.9 Å². The molecule has 44 heavy (non-hydrogen) atoms. The molecular formula is C31H38N8O5. The standard InChI is InChI=1S/C31H38N8O5/c1-6-7-17-37-25-24(35-31(37,5)36-16-10-12-21(18-36)34-29(43)44-30(2,3)4)26(40)39(28(32)42)38(27(25)41)19-22-15-14-20-11-8-9-13-23(20)33-22/h8-9,11,13-15,21,35H,10,12,16-19H2,1-5H3,(H2,32,42)(H,34,43)/t21?,31-/m1/s1. The maximum atomic E-state index is 14.2. The molecule has 0 bridgehead atoms. The van der Waals surface area contributed by atoms with Crippen molar-refractivity contribution >= 4 is 34.4 Å². The first-order chi connectivity index (χ1) is 20.8. The minimum Gasteiger partial charge on any atom is -0.444 e. The van der Waals surface area contributed by atoms with E-state index in [2.05, 4.69) is 32.4 Å². The number of pyridine rings is 1. The van der Waals surface area contributed by atoms with Crippen LogP contribution in [0.4, 0.5) is 21.0 Å². The van der Waals surface area contributed by atoms with Crippen molar-refractivity contribution in [3.05, 3.63) is 62.8 Å². The molecule has 13 nitrogen and oxygen atoms in total. The first kappa shape index (κ1) is 30.6. The first-order valence-corrected chi connectivity index (χ1v) is 14.6. The van der Waals surface area contributed by atoms with Gasteiger partial charge in [0.15, 0.2) is 5.79 Å². The van der Waals surface area contributed by atoms with E-state index in [-0.39, 0.29) is 30.5 Å². The molecule has 2 aliphatic rings. The van der Waals surface area contributed by atoms with Gasteiger partial charge in [-0.25, -0.2) is 14.3 Å². The van der Waals surface area contributed by atoms with Gasteiger partial charge in [0, 0.05) is 24.5 Å². The number of fused-ring (bicyclic) bond motifs is 2. The number of benzene rings is 1. The van der Waals surface area contributed by atoms with E-state index in [9.17, 15) is 19.2 Å². The monoisotopic (exact) mass is 602 g/mol. The normalized spacial score (nSPS) is 19.9. The van der Waals surface area contributed by atoms with Crippen LogP contribution in [0, 0.1) is 11.8 Å². The molecule has 0 saturated carbocycles. The lowest BCUT2D eigenvalue weighted by Crippen LogP contribution is -2.65. The average Bonchev–Trinajstić information content (AvgIpc) is 3.27. The van der Waals surface area contributed by atoms with Crippen LogP contribution in [0.3, 0.4) is 0 Å². The molecule has 0 spiro atoms. The summed E-state index contributed by atoms with van der Waals surface area (Å²) in [6, 6.07) is 9.79. The Morgan fingerprint density at radius 1 is 1.18 bits per heavy atom. The summed E-state index contributed by atoms with van der Waals surface area (Å²) >= 11 is 0. The van der Waals surface area contributed by atoms with Crippen LogP contribution >= 0.6 is 0 Å². The zero-order valence-corrected chi connectivity index (χ0v) is 25.6. The predicted molar refractivity (Wildman–Crippen MR) is 168 cm³/mol. The summed E-state index contributed by atoms with van der Waals surface area (Å²) in [5.41, 5.74) is 4.90. The number of nitrogens with zero attached hydrogens (tertiary/aromatic N) is 5. The number of nitrogens with two attached hydrogens (primary N) is 1. The van der Waals surface area contributed by atoms with Crippen LogP contribution in [0.5, 0.6) is 0 Å². The fourth-order valence-corrected chi connectivity index (χ4v) is 5.84. The van der Waals surface area contributed by atoms with Crippen molar-refractivity contribution < 1.29 is 14.3 Å². The molecule has 232 valence electrons. The quantitative estimate of drug-likeness (QED) is 0.373. The van der Waals surface area contributed by atoms with Gasteiger partial charge in [-0.15, -0.1) is 5.92 Å². The molecule has 1 aromatic carbocycles. The van der Waals surface area contributed by atoms with Crippen molar-refractivity contribution in [2.75, 3.05) is 29.9 Å². The number of amides is 2. The highest BCUT2D eigenvalue weighted by atomic mass is 16.6. The molecule has 2 atom stereocenters. The number of hydrogen-bond donors (Lipinski definition) is 3. The Hall–Kier alpha value is -4.83. The molecule has 5 rings (SSSR count). The van der Waals surface area contributed by atoms with E-state index in [1.54, 1.807) is 38.7 Å². The molecule has 1 saturated heterocycles. The molecule has 4 N–H and O–H groups in total. The van der Waals surface area contributed by atoms with Gasteiger partial charge >= 0.3 is 12.1 Å². The number of likely N-dealkylation sites (tertiary alicyclic amines) is 1. The number of anilines is 2. The highest BCUT2D eigenvalue weighted by molar-refractivity contribution is 5.81. The molecule has 0 aliphatic carbocycles. The van der Waals surface area contributed by atoms with E-state index in [1.165, 1.54) is 0 Å². The third kappa shape index (κ3) is 5.85. The van der Waals surface area contributed by atoms with E-state index < -0.39 is 34.6 Å². The number of alkyl carbamates (subject to hydrolysis) is 1. The van der Waals surface area contributed by atoms with E-state index in [4.69, 9.17) is 10.5 Å². The molecular weight excluding hydrogens is 564 g/mol. The van der Waals surface area contributed by atoms with Crippen LogP contribution in [0.2, 0.25) is 0 Å². The van der Waals surface area contributed by atoms with Crippen molar-refractivity contribution in [1.82, 2.24) is 24.6 Å². The first-order valence-electron chi connectivity index (χ1n) is 14.6. The van der Waals surface area contributed by atoms with Gasteiger partial charge in [0.1, 0.15) is 17.0 Å². The van der Waals surface area contributed by atoms with Crippen LogP contribution in [0.25, 0.3) is 10.9 Å². The van der Waals surface area contributed by atoms with E-state index >= 15 is 0 Å². The Kier molecular flexibility index (Phi) is 8.13. The number of aromatic nitrogens is 3. The second-order valence-electron chi connectivity index (χ2n) is 12.1. The zero-order valence-electron chi connectivity index (χ0n) is 25.6. The second kappa shape index (κ2) is 11.7. The Bertz CT molecular complexity index is 1800. The summed E-state index contributed by atoms with van der Waals surface area (Å²) in [5.74, 6) is 4.81. The van der Waals surface area contributed by atoms with Crippen LogP contribution in [-0.2, 0) is 11.3 Å². The van der Waals surface area contributed by atoms with Gasteiger partial charge in [0.05, 0.1) is 24.3 Å². The number of carbonyl (C=O) groups excluding carboxylic acids is 2. The molecule has 2 aromatic heterocycles. The van der Waals surface area contributed by atoms with Gasteiger partial charge in [-0.3, -0.25) is 19.5 Å². The largest absolute Gasteiger partial charge is 0.444 e. The van der Waals surface area contributed by atoms with Crippen LogP contribution in [0.15, 0.2) is 46.0 Å². The summed E-state index contributed by atoms with van der Waals surface area (Å²) < 4.78 is 7.14. The smallest absolute Gasteiger partial charge is 0.407 e. The van der Waals surface area contributed by atoms with Crippen molar-refractivity contribution in [2.45, 2.75) is 71.4 Å². The highest BCUT2D eigenvalue weighted by Crippen LogP contribution is 2.38. The minimum absolute atomic E-state index is 0.0425. The molecule has 1 fully saturated rings. The van der Waals surface area contributed by atoms with Crippen LogP contribution in [-0.4, -0.2) is 68.4 Å². The van der Waals surface area contributed by atoms with Gasteiger partial charge in [0.25, 0.3) is 11.1 Å². The maximum Gasteiger partial charge on any atom is 0.407 e. The van der Waals surface area contributed by atoms with Crippen molar-refractivity contribution in [3.63, 3.8) is 0 Å². The number of nitrogens with one attached hydrogen (secondary N) is 2. The summed E-state index contributed by atoms with van der Waals surface area (Å²) in [7, 11) is 0. The minimum atomic E-state index is -1.09. The fraction of sp³-hybridized carbons (Fsp3) is 0.452. The molecule has 0 radical (unpaired) electrons. The molecule has 2 aliphatic heterocycles. The Morgan fingerprint density at radius 2 is 1.93 bits per heavy atom. The molecule has 3 aromatic rings. The number of primary amides is 1. The third-order valence-electron chi connectivity index (χ3n) is 7.83. The SMILES string of the molecule is CC#CCN1c2c(c(=O)n(C(N)=O)n(Cc3ccc4ccccc4n3)c2=O)N[C@]1(C)N1CCCC(NC(=O)OC(C)(C)C)C1. The van der Waals surface area contributed by atoms with Gasteiger partial charge < -0.3 is 26.0 Å². The van der Waals surface area contributed by atoms with E-state index in [1.807, 2.05) is 37.3 Å². The lowest BCUT2D eigenvalue weighted by atomic mass is 10.0. The Balaban J connectivity index is 1.55. The van der Waals surface area contributed by atoms with E-state index in [0.29, 0.717) is 29.0 Å². The van der Waals surface area contributed by atoms with Crippen molar-refractivity contribution in [1.29, 1.82) is 0 Å². The number of carbonyl (C=O) groups is 2. The lowest BCUT2D eigenvalue weighted by molar-refractivity contribution is 0.0412. The molecule has 13 heteroatoms. The number of para-hydroxylation sites is 1. The molecule has 2 amide bonds. The number of piperidine rings is 1. The summed E-state index contributed by atoms with van der Waals surface area (Å²) in [4.78, 5) is 61.7. The average molecular weight is 603 g/mol. The highest BCUT2D eigenvalue weighted by Gasteiger charge is 2.49. The topological polar surface area (TPSA) is 157 Å². The Morgan fingerprint density at radius 3 is 2.64 bits per heavy atom. The maximum absolute atomic E-state index is 14.2. The Labute approximate surface area is 254 Å². The summed E-state index contributed by atoms with van der Waals surface area (Å²) in [6.45, 7) is 9.92. The third-order valence-corrected chi connectivity index (χ3v) is 7.83. The van der Waals surface area contributed by atoms with Gasteiger partial charge in [-0.05, 0) is 59.6 Å².